The molecule has 0 amide bonds. The molecule has 9 heteroatoms. The maximum atomic E-state index is 14.0. The van der Waals surface area contributed by atoms with Crippen LogP contribution < -0.4 is 9.80 Å². The lowest BCUT2D eigenvalue weighted by atomic mass is 10.2. The van der Waals surface area contributed by atoms with Gasteiger partial charge in [0, 0.05) is 38.6 Å². The number of para-hydroxylation sites is 1. The molecule has 1 aliphatic rings. The molecule has 4 aromatic rings. The molecule has 0 N–H and O–H groups in total. The van der Waals surface area contributed by atoms with E-state index in [0.29, 0.717) is 5.52 Å². The van der Waals surface area contributed by atoms with Crippen molar-refractivity contribution in [3.63, 3.8) is 0 Å². The molecule has 27 heavy (non-hydrogen) atoms. The number of nitrogens with zero attached hydrogens (tertiary/aromatic N) is 8. The van der Waals surface area contributed by atoms with E-state index < -0.39 is 0 Å². The van der Waals surface area contributed by atoms with E-state index >= 15 is 0 Å². The van der Waals surface area contributed by atoms with E-state index in [9.17, 15) is 4.39 Å². The summed E-state index contributed by atoms with van der Waals surface area (Å²) >= 11 is 0. The van der Waals surface area contributed by atoms with Crippen LogP contribution in [-0.4, -0.2) is 55.9 Å². The molecule has 0 unspecified atom stereocenters. The van der Waals surface area contributed by atoms with Crippen molar-refractivity contribution in [2.24, 2.45) is 7.05 Å². The average Bonchev–Trinajstić information content (AvgIpc) is 3.09. The number of anilines is 2. The zero-order chi connectivity index (χ0) is 18.4. The van der Waals surface area contributed by atoms with E-state index in [4.69, 9.17) is 0 Å². The van der Waals surface area contributed by atoms with Gasteiger partial charge in [0.15, 0.2) is 5.65 Å². The van der Waals surface area contributed by atoms with Crippen molar-refractivity contribution < 1.29 is 4.39 Å². The Labute approximate surface area is 154 Å². The van der Waals surface area contributed by atoms with Crippen LogP contribution in [0.5, 0.6) is 0 Å². The molecular formula is C18H17FN8. The third-order valence-corrected chi connectivity index (χ3v) is 4.98. The number of hydrogen-bond donors (Lipinski definition) is 0. The van der Waals surface area contributed by atoms with E-state index in [2.05, 4.69) is 34.8 Å². The zero-order valence-corrected chi connectivity index (χ0v) is 14.7. The van der Waals surface area contributed by atoms with E-state index in [-0.39, 0.29) is 5.82 Å². The summed E-state index contributed by atoms with van der Waals surface area (Å²) in [5, 5.41) is 5.97. The molecule has 0 radical (unpaired) electrons. The molecule has 1 fully saturated rings. The molecule has 1 saturated heterocycles. The number of hydrogen-bond acceptors (Lipinski definition) is 7. The van der Waals surface area contributed by atoms with Crippen molar-refractivity contribution >= 4 is 33.6 Å². The van der Waals surface area contributed by atoms with E-state index in [1.54, 1.807) is 23.3 Å². The van der Waals surface area contributed by atoms with Gasteiger partial charge in [-0.05, 0) is 12.1 Å². The summed E-state index contributed by atoms with van der Waals surface area (Å²) in [7, 11) is 1.87. The smallest absolute Gasteiger partial charge is 0.163 e. The fraction of sp³-hybridized carbons (Fsp3) is 0.278. The summed E-state index contributed by atoms with van der Waals surface area (Å²) < 4.78 is 15.8. The van der Waals surface area contributed by atoms with Crippen LogP contribution in [0.2, 0.25) is 0 Å². The van der Waals surface area contributed by atoms with Crippen LogP contribution in [0.3, 0.4) is 0 Å². The van der Waals surface area contributed by atoms with Crippen LogP contribution in [0, 0.1) is 5.82 Å². The summed E-state index contributed by atoms with van der Waals surface area (Å²) in [6, 6.07) is 4.98. The standard InChI is InChI=1S/C18H17FN8/c1-25-16-13(9-24-25)18(23-11-21-16)27-7-5-26(6-8-27)17-12-3-2-4-14(19)15(12)20-10-22-17/h2-4,9-11H,5-8H2,1H3. The Morgan fingerprint density at radius 3 is 2.26 bits per heavy atom. The third kappa shape index (κ3) is 2.54. The van der Waals surface area contributed by atoms with Gasteiger partial charge in [-0.1, -0.05) is 6.07 Å². The molecule has 5 rings (SSSR count). The normalized spacial score (nSPS) is 15.0. The first kappa shape index (κ1) is 15.9. The van der Waals surface area contributed by atoms with Crippen molar-refractivity contribution in [2.45, 2.75) is 0 Å². The Morgan fingerprint density at radius 1 is 0.852 bits per heavy atom. The molecule has 0 aliphatic carbocycles. The van der Waals surface area contributed by atoms with Crippen molar-refractivity contribution in [1.82, 2.24) is 29.7 Å². The van der Waals surface area contributed by atoms with Gasteiger partial charge in [0.25, 0.3) is 0 Å². The Balaban J connectivity index is 1.43. The molecule has 0 atom stereocenters. The van der Waals surface area contributed by atoms with Crippen LogP contribution in [0.25, 0.3) is 21.9 Å². The minimum absolute atomic E-state index is 0.324. The number of aryl methyl sites for hydroxylation is 1. The minimum Gasteiger partial charge on any atom is -0.352 e. The summed E-state index contributed by atoms with van der Waals surface area (Å²) in [5.74, 6) is 1.34. The second kappa shape index (κ2) is 6.11. The maximum absolute atomic E-state index is 14.0. The Hall–Kier alpha value is -3.36. The van der Waals surface area contributed by atoms with Crippen molar-refractivity contribution in [2.75, 3.05) is 36.0 Å². The van der Waals surface area contributed by atoms with Crippen molar-refractivity contribution in [3.05, 3.63) is 42.9 Å². The van der Waals surface area contributed by atoms with Crippen LogP contribution >= 0.6 is 0 Å². The Bertz CT molecular complexity index is 1130. The van der Waals surface area contributed by atoms with E-state index in [1.165, 1.54) is 12.4 Å². The van der Waals surface area contributed by atoms with Gasteiger partial charge < -0.3 is 9.80 Å². The van der Waals surface area contributed by atoms with Crippen LogP contribution in [-0.2, 0) is 7.05 Å². The largest absolute Gasteiger partial charge is 0.352 e. The molecule has 136 valence electrons. The topological polar surface area (TPSA) is 75.9 Å². The highest BCUT2D eigenvalue weighted by Crippen LogP contribution is 2.27. The van der Waals surface area contributed by atoms with Gasteiger partial charge in [0.05, 0.1) is 11.6 Å². The lowest BCUT2D eigenvalue weighted by Gasteiger charge is -2.36. The van der Waals surface area contributed by atoms with Crippen LogP contribution in [0.15, 0.2) is 37.1 Å². The van der Waals surface area contributed by atoms with Crippen LogP contribution in [0.1, 0.15) is 0 Å². The van der Waals surface area contributed by atoms with Gasteiger partial charge >= 0.3 is 0 Å². The number of rotatable bonds is 2. The highest BCUT2D eigenvalue weighted by molar-refractivity contribution is 5.90. The Morgan fingerprint density at radius 2 is 1.52 bits per heavy atom. The minimum atomic E-state index is -0.324. The molecule has 4 heterocycles. The van der Waals surface area contributed by atoms with Gasteiger partial charge in [-0.2, -0.15) is 5.10 Å². The quantitative estimate of drug-likeness (QED) is 0.536. The third-order valence-electron chi connectivity index (χ3n) is 4.98. The molecule has 1 aromatic carbocycles. The highest BCUT2D eigenvalue weighted by atomic mass is 19.1. The second-order valence-corrected chi connectivity index (χ2v) is 6.51. The maximum Gasteiger partial charge on any atom is 0.163 e. The predicted octanol–water partition coefficient (Wildman–Crippen LogP) is 1.77. The number of fused-ring (bicyclic) bond motifs is 2. The molecule has 0 saturated carbocycles. The molecule has 0 spiro atoms. The van der Waals surface area contributed by atoms with Crippen molar-refractivity contribution in [3.8, 4) is 0 Å². The summed E-state index contributed by atoms with van der Waals surface area (Å²) in [5.41, 5.74) is 1.18. The van der Waals surface area contributed by atoms with E-state index in [0.717, 1.165) is 54.2 Å². The fourth-order valence-corrected chi connectivity index (χ4v) is 3.62. The zero-order valence-electron chi connectivity index (χ0n) is 14.7. The van der Waals surface area contributed by atoms with Gasteiger partial charge in [0.1, 0.15) is 35.6 Å². The molecule has 3 aromatic heterocycles. The van der Waals surface area contributed by atoms with Gasteiger partial charge in [-0.3, -0.25) is 4.68 Å². The number of piperazine rings is 1. The fourth-order valence-electron chi connectivity index (χ4n) is 3.62. The summed E-state index contributed by atoms with van der Waals surface area (Å²) in [6.45, 7) is 3.08. The first-order valence-corrected chi connectivity index (χ1v) is 8.74. The lowest BCUT2D eigenvalue weighted by Crippen LogP contribution is -2.47. The summed E-state index contributed by atoms with van der Waals surface area (Å²) in [6.07, 6.45) is 4.81. The van der Waals surface area contributed by atoms with Gasteiger partial charge in [0.2, 0.25) is 0 Å². The summed E-state index contributed by atoms with van der Waals surface area (Å²) in [4.78, 5) is 21.7. The SMILES string of the molecule is Cn1ncc2c(N3CCN(c4ncnc5c(F)cccc45)CC3)ncnc21. The lowest BCUT2D eigenvalue weighted by molar-refractivity contribution is 0.633. The molecular weight excluding hydrogens is 347 g/mol. The number of halogens is 1. The first-order chi connectivity index (χ1) is 13.2. The predicted molar refractivity (Wildman–Crippen MR) is 100 cm³/mol. The average molecular weight is 364 g/mol. The highest BCUT2D eigenvalue weighted by Gasteiger charge is 2.23. The Kier molecular flexibility index (Phi) is 3.59. The molecule has 0 bridgehead atoms. The van der Waals surface area contributed by atoms with Gasteiger partial charge in [-0.25, -0.2) is 24.3 Å². The van der Waals surface area contributed by atoms with Gasteiger partial charge in [-0.15, -0.1) is 0 Å². The van der Waals surface area contributed by atoms with E-state index in [1.807, 2.05) is 13.1 Å². The van der Waals surface area contributed by atoms with Crippen molar-refractivity contribution in [1.29, 1.82) is 0 Å². The molecule has 8 nitrogen and oxygen atoms in total. The van der Waals surface area contributed by atoms with Crippen LogP contribution in [0.4, 0.5) is 16.0 Å². The number of benzene rings is 1. The molecule has 1 aliphatic heterocycles. The first-order valence-electron chi connectivity index (χ1n) is 8.74. The monoisotopic (exact) mass is 364 g/mol. The second-order valence-electron chi connectivity index (χ2n) is 6.51. The number of aromatic nitrogens is 6.